The van der Waals surface area contributed by atoms with Crippen molar-refractivity contribution in [1.82, 2.24) is 0 Å². The summed E-state index contributed by atoms with van der Waals surface area (Å²) >= 11 is 0. The number of ketones is 1. The van der Waals surface area contributed by atoms with Gasteiger partial charge in [0.05, 0.1) is 0 Å². The fourth-order valence-corrected chi connectivity index (χ4v) is 2.93. The Hall–Kier alpha value is -0.590. The van der Waals surface area contributed by atoms with Crippen LogP contribution in [0.15, 0.2) is 12.2 Å². The molecular formula is C11H16O. The molecule has 3 aliphatic rings. The Morgan fingerprint density at radius 1 is 1.42 bits per heavy atom. The number of allylic oxidation sites excluding steroid dienone is 2. The first kappa shape index (κ1) is 8.03. The van der Waals surface area contributed by atoms with Crippen LogP contribution in [-0.4, -0.2) is 5.78 Å². The molecule has 3 aliphatic carbocycles. The molecule has 0 aliphatic heterocycles. The highest BCUT2D eigenvalue weighted by molar-refractivity contribution is 5.87. The molecule has 0 atom stereocenters. The average molecular weight is 164 g/mol. The van der Waals surface area contributed by atoms with Crippen molar-refractivity contribution in [3.05, 3.63) is 12.2 Å². The van der Waals surface area contributed by atoms with Crippen LogP contribution >= 0.6 is 0 Å². The van der Waals surface area contributed by atoms with E-state index >= 15 is 0 Å². The molecule has 3 fully saturated rings. The van der Waals surface area contributed by atoms with E-state index < -0.39 is 0 Å². The minimum Gasteiger partial charge on any atom is -0.295 e. The summed E-state index contributed by atoms with van der Waals surface area (Å²) in [7, 11) is 0. The van der Waals surface area contributed by atoms with Gasteiger partial charge in [0, 0.05) is 0 Å². The molecule has 3 saturated carbocycles. The monoisotopic (exact) mass is 164 g/mol. The van der Waals surface area contributed by atoms with Crippen molar-refractivity contribution in [2.45, 2.75) is 39.5 Å². The van der Waals surface area contributed by atoms with Crippen LogP contribution < -0.4 is 0 Å². The summed E-state index contributed by atoms with van der Waals surface area (Å²) in [5.41, 5.74) is 1.16. The lowest BCUT2D eigenvalue weighted by molar-refractivity contribution is -0.170. The third-order valence-corrected chi connectivity index (χ3v) is 3.60. The molecule has 0 aromatic heterocycles. The van der Waals surface area contributed by atoms with E-state index in [1.54, 1.807) is 13.0 Å². The Balaban J connectivity index is 1.92. The number of carbonyl (C=O) groups excluding carboxylic acids is 1. The SMILES string of the molecule is CCC12CC(/C=C/C(C)=O)(C1)C2. The summed E-state index contributed by atoms with van der Waals surface area (Å²) in [4.78, 5) is 10.7. The second-order valence-corrected chi connectivity index (χ2v) is 4.69. The van der Waals surface area contributed by atoms with Gasteiger partial charge in [-0.3, -0.25) is 4.79 Å². The van der Waals surface area contributed by atoms with Gasteiger partial charge in [-0.1, -0.05) is 19.4 Å². The van der Waals surface area contributed by atoms with Gasteiger partial charge >= 0.3 is 0 Å². The molecule has 0 N–H and O–H groups in total. The molecule has 0 spiro atoms. The van der Waals surface area contributed by atoms with Crippen molar-refractivity contribution in [3.8, 4) is 0 Å². The maximum Gasteiger partial charge on any atom is 0.152 e. The zero-order valence-electron chi connectivity index (χ0n) is 7.89. The maximum atomic E-state index is 10.7. The van der Waals surface area contributed by atoms with Crippen molar-refractivity contribution < 1.29 is 4.79 Å². The molecule has 2 bridgehead atoms. The number of hydrogen-bond acceptors (Lipinski definition) is 1. The lowest BCUT2D eigenvalue weighted by Gasteiger charge is -2.70. The van der Waals surface area contributed by atoms with E-state index in [0.717, 1.165) is 0 Å². The van der Waals surface area contributed by atoms with Crippen LogP contribution in [0.4, 0.5) is 0 Å². The van der Waals surface area contributed by atoms with Crippen LogP contribution in [-0.2, 0) is 4.79 Å². The smallest absolute Gasteiger partial charge is 0.152 e. The molecule has 66 valence electrons. The molecular weight excluding hydrogens is 148 g/mol. The zero-order valence-corrected chi connectivity index (χ0v) is 7.89. The molecule has 3 rings (SSSR count). The van der Waals surface area contributed by atoms with Crippen LogP contribution in [0.5, 0.6) is 0 Å². The van der Waals surface area contributed by atoms with Crippen molar-refractivity contribution >= 4 is 5.78 Å². The first-order valence-corrected chi connectivity index (χ1v) is 4.80. The van der Waals surface area contributed by atoms with E-state index in [4.69, 9.17) is 0 Å². The van der Waals surface area contributed by atoms with Gasteiger partial charge in [-0.25, -0.2) is 0 Å². The first-order chi connectivity index (χ1) is 5.60. The van der Waals surface area contributed by atoms with Crippen molar-refractivity contribution in [2.75, 3.05) is 0 Å². The topological polar surface area (TPSA) is 17.1 Å². The van der Waals surface area contributed by atoms with Gasteiger partial charge in [0.15, 0.2) is 5.78 Å². The summed E-state index contributed by atoms with van der Waals surface area (Å²) in [6.07, 6.45) is 9.22. The van der Waals surface area contributed by atoms with E-state index in [1.165, 1.54) is 25.7 Å². The Kier molecular flexibility index (Phi) is 1.48. The summed E-state index contributed by atoms with van der Waals surface area (Å²) in [6, 6.07) is 0. The Labute approximate surface area is 73.8 Å². The standard InChI is InChI=1S/C11H16O/c1-3-10-6-11(7-10,8-10)5-4-9(2)12/h4-5H,3,6-8H2,1-2H3/b5-4+. The van der Waals surface area contributed by atoms with Crippen LogP contribution in [0.2, 0.25) is 0 Å². The molecule has 0 aromatic carbocycles. The quantitative estimate of drug-likeness (QED) is 0.586. The molecule has 0 heterocycles. The van der Waals surface area contributed by atoms with Gasteiger partial charge in [-0.15, -0.1) is 0 Å². The van der Waals surface area contributed by atoms with Gasteiger partial charge in [0.25, 0.3) is 0 Å². The average Bonchev–Trinajstić information content (AvgIpc) is 1.82. The minimum absolute atomic E-state index is 0.185. The van der Waals surface area contributed by atoms with Crippen molar-refractivity contribution in [3.63, 3.8) is 0 Å². The second kappa shape index (κ2) is 2.21. The second-order valence-electron chi connectivity index (χ2n) is 4.69. The van der Waals surface area contributed by atoms with E-state index in [9.17, 15) is 4.79 Å². The molecule has 0 saturated heterocycles. The largest absolute Gasteiger partial charge is 0.295 e. The van der Waals surface area contributed by atoms with E-state index in [2.05, 4.69) is 13.0 Å². The summed E-state index contributed by atoms with van der Waals surface area (Å²) in [5.74, 6) is 0.185. The van der Waals surface area contributed by atoms with Crippen LogP contribution in [0.1, 0.15) is 39.5 Å². The third-order valence-electron chi connectivity index (χ3n) is 3.60. The van der Waals surface area contributed by atoms with Gasteiger partial charge in [0.1, 0.15) is 0 Å². The Morgan fingerprint density at radius 2 is 2.00 bits per heavy atom. The molecule has 12 heavy (non-hydrogen) atoms. The predicted molar refractivity (Wildman–Crippen MR) is 48.8 cm³/mol. The Morgan fingerprint density at radius 3 is 2.42 bits per heavy atom. The molecule has 1 heteroatoms. The molecule has 0 aromatic rings. The highest BCUT2D eigenvalue weighted by Crippen LogP contribution is 2.75. The van der Waals surface area contributed by atoms with Gasteiger partial charge in [-0.2, -0.15) is 0 Å². The summed E-state index contributed by atoms with van der Waals surface area (Å²) in [6.45, 7) is 3.90. The summed E-state index contributed by atoms with van der Waals surface area (Å²) < 4.78 is 0. The van der Waals surface area contributed by atoms with E-state index in [-0.39, 0.29) is 5.78 Å². The Bertz CT molecular complexity index is 230. The highest BCUT2D eigenvalue weighted by atomic mass is 16.1. The van der Waals surface area contributed by atoms with Crippen LogP contribution in [0.25, 0.3) is 0 Å². The molecule has 1 nitrogen and oxygen atoms in total. The van der Waals surface area contributed by atoms with E-state index in [1.807, 2.05) is 0 Å². The highest BCUT2D eigenvalue weighted by Gasteiger charge is 2.64. The number of hydrogen-bond donors (Lipinski definition) is 0. The van der Waals surface area contributed by atoms with Crippen LogP contribution in [0.3, 0.4) is 0 Å². The van der Waals surface area contributed by atoms with Gasteiger partial charge < -0.3 is 0 Å². The van der Waals surface area contributed by atoms with Gasteiger partial charge in [-0.05, 0) is 43.1 Å². The minimum atomic E-state index is 0.185. The molecule has 0 amide bonds. The van der Waals surface area contributed by atoms with E-state index in [0.29, 0.717) is 10.8 Å². The fourth-order valence-electron chi connectivity index (χ4n) is 2.93. The van der Waals surface area contributed by atoms with Crippen LogP contribution in [0, 0.1) is 10.8 Å². The number of rotatable bonds is 3. The fraction of sp³-hybridized carbons (Fsp3) is 0.727. The van der Waals surface area contributed by atoms with Crippen molar-refractivity contribution in [2.24, 2.45) is 10.8 Å². The molecule has 0 unspecified atom stereocenters. The predicted octanol–water partition coefficient (Wildman–Crippen LogP) is 2.71. The third kappa shape index (κ3) is 0.954. The normalized spacial score (nSPS) is 43.8. The van der Waals surface area contributed by atoms with Gasteiger partial charge in [0.2, 0.25) is 0 Å². The lowest BCUT2D eigenvalue weighted by Crippen LogP contribution is -2.60. The zero-order chi connectivity index (χ0) is 8.82. The van der Waals surface area contributed by atoms with Crippen molar-refractivity contribution in [1.29, 1.82) is 0 Å². The first-order valence-electron chi connectivity index (χ1n) is 4.80. The number of carbonyl (C=O) groups is 1. The molecule has 0 radical (unpaired) electrons. The lowest BCUT2D eigenvalue weighted by atomic mass is 9.34. The summed E-state index contributed by atoms with van der Waals surface area (Å²) in [5, 5.41) is 0. The maximum absolute atomic E-state index is 10.7.